The van der Waals surface area contributed by atoms with Crippen LogP contribution >= 0.6 is 15.9 Å². The summed E-state index contributed by atoms with van der Waals surface area (Å²) < 4.78 is 62.0. The quantitative estimate of drug-likeness (QED) is 0.129. The Kier molecular flexibility index (Phi) is 10.6. The summed E-state index contributed by atoms with van der Waals surface area (Å²) in [5.74, 6) is 1.66. The lowest BCUT2D eigenvalue weighted by atomic mass is 9.86. The number of sulfone groups is 1. The van der Waals surface area contributed by atoms with E-state index in [1.54, 1.807) is 19.4 Å². The van der Waals surface area contributed by atoms with Gasteiger partial charge in [0.15, 0.2) is 9.84 Å². The average molecular weight is 701 g/mol. The van der Waals surface area contributed by atoms with Gasteiger partial charge in [-0.1, -0.05) is 19.1 Å². The lowest BCUT2D eigenvalue weighted by molar-refractivity contribution is 0.00121. The fourth-order valence-corrected chi connectivity index (χ4v) is 6.89. The molecule has 0 fully saturated rings. The minimum absolute atomic E-state index is 0.00512. The number of rotatable bonds is 15. The van der Waals surface area contributed by atoms with E-state index in [4.69, 9.17) is 18.9 Å². The Morgan fingerprint density at radius 2 is 1.93 bits per heavy atom. The third kappa shape index (κ3) is 8.11. The molecule has 0 aliphatic carbocycles. The minimum Gasteiger partial charge on any atom is -0.496 e. The van der Waals surface area contributed by atoms with Crippen LogP contribution in [0.15, 0.2) is 77.7 Å². The lowest BCUT2D eigenvalue weighted by Crippen LogP contribution is -2.28. The molecule has 1 atom stereocenters. The minimum atomic E-state index is -3.12. The highest BCUT2D eigenvalue weighted by Gasteiger charge is 2.38. The van der Waals surface area contributed by atoms with Gasteiger partial charge in [0.05, 0.1) is 42.3 Å². The van der Waals surface area contributed by atoms with Crippen molar-refractivity contribution in [1.29, 1.82) is 0 Å². The standard InChI is InChI=1S/C33H35BrFN3O6S/c1-3-15-45(39,40)16-14-42-13-11-33(10-5-12-44-33)27-19-26-29(20-31(27)41-2)36-22-37-32(26)38-25-8-9-30(28(34)18-25)43-21-23-6-4-7-24(35)17-23/h4-9,12,17-20,22H,3,10-11,13-16,21H2,1-2H3,(H,36,37,38). The van der Waals surface area contributed by atoms with Crippen LogP contribution in [-0.2, 0) is 31.5 Å². The van der Waals surface area contributed by atoms with Gasteiger partial charge in [0.2, 0.25) is 0 Å². The number of methoxy groups -OCH3 is 1. The summed E-state index contributed by atoms with van der Waals surface area (Å²) in [4.78, 5) is 9.00. The van der Waals surface area contributed by atoms with E-state index in [-0.39, 0.29) is 30.5 Å². The average Bonchev–Trinajstić information content (AvgIpc) is 3.50. The molecule has 12 heteroatoms. The van der Waals surface area contributed by atoms with Crippen LogP contribution in [0.2, 0.25) is 0 Å². The SMILES string of the molecule is CCCS(=O)(=O)CCOCCC1(c2cc3c(Nc4ccc(OCc5cccc(F)c5)c(Br)c4)ncnc3cc2OC)CC=CO1. The van der Waals surface area contributed by atoms with Crippen molar-refractivity contribution in [3.63, 3.8) is 0 Å². The van der Waals surface area contributed by atoms with Gasteiger partial charge in [0, 0.05) is 41.3 Å². The highest BCUT2D eigenvalue weighted by atomic mass is 79.9. The Morgan fingerprint density at radius 1 is 1.07 bits per heavy atom. The number of hydrogen-bond donors (Lipinski definition) is 1. The number of fused-ring (bicyclic) bond motifs is 1. The van der Waals surface area contributed by atoms with Gasteiger partial charge >= 0.3 is 0 Å². The van der Waals surface area contributed by atoms with Crippen molar-refractivity contribution < 1.29 is 31.8 Å². The molecule has 0 saturated heterocycles. The number of hydrogen-bond acceptors (Lipinski definition) is 9. The second-order valence-corrected chi connectivity index (χ2v) is 13.8. The first-order chi connectivity index (χ1) is 21.7. The first kappa shape index (κ1) is 32.6. The maximum absolute atomic E-state index is 13.5. The van der Waals surface area contributed by atoms with Crippen molar-refractivity contribution in [2.24, 2.45) is 0 Å². The van der Waals surface area contributed by atoms with Crippen LogP contribution in [0.5, 0.6) is 11.5 Å². The highest BCUT2D eigenvalue weighted by molar-refractivity contribution is 9.10. The van der Waals surface area contributed by atoms with Crippen LogP contribution in [-0.4, -0.2) is 50.2 Å². The molecule has 3 aromatic carbocycles. The molecule has 1 aliphatic rings. The Hall–Kier alpha value is -3.74. The van der Waals surface area contributed by atoms with Crippen LogP contribution in [0.3, 0.4) is 0 Å². The van der Waals surface area contributed by atoms with Gasteiger partial charge in [-0.25, -0.2) is 22.8 Å². The van der Waals surface area contributed by atoms with Crippen LogP contribution in [0.1, 0.15) is 37.3 Å². The number of nitrogens with zero attached hydrogens (tertiary/aromatic N) is 2. The Labute approximate surface area is 270 Å². The number of halogens is 2. The molecule has 1 aliphatic heterocycles. The van der Waals surface area contributed by atoms with E-state index in [1.807, 2.05) is 49.4 Å². The lowest BCUT2D eigenvalue weighted by Gasteiger charge is -2.31. The number of aromatic nitrogens is 2. The van der Waals surface area contributed by atoms with Crippen molar-refractivity contribution in [2.45, 2.75) is 38.4 Å². The first-order valence-corrected chi connectivity index (χ1v) is 17.2. The number of benzene rings is 3. The van der Waals surface area contributed by atoms with E-state index in [0.29, 0.717) is 48.7 Å². The molecule has 9 nitrogen and oxygen atoms in total. The molecule has 0 bridgehead atoms. The Bertz CT molecular complexity index is 1780. The summed E-state index contributed by atoms with van der Waals surface area (Å²) in [7, 11) is -1.51. The molecule has 5 rings (SSSR count). The number of ether oxygens (including phenoxy) is 4. The predicted molar refractivity (Wildman–Crippen MR) is 175 cm³/mol. The second-order valence-electron chi connectivity index (χ2n) is 10.7. The maximum Gasteiger partial charge on any atom is 0.152 e. The van der Waals surface area contributed by atoms with Gasteiger partial charge in [0.1, 0.15) is 41.7 Å². The summed E-state index contributed by atoms with van der Waals surface area (Å²) in [6.45, 7) is 2.51. The van der Waals surface area contributed by atoms with Crippen molar-refractivity contribution in [3.05, 3.63) is 94.7 Å². The molecule has 4 aromatic rings. The monoisotopic (exact) mass is 699 g/mol. The van der Waals surface area contributed by atoms with Crippen molar-refractivity contribution in [3.8, 4) is 11.5 Å². The van der Waals surface area contributed by atoms with Crippen molar-refractivity contribution in [2.75, 3.05) is 37.1 Å². The zero-order valence-electron chi connectivity index (χ0n) is 25.1. The molecule has 238 valence electrons. The van der Waals surface area contributed by atoms with E-state index in [2.05, 4.69) is 31.2 Å². The zero-order chi connectivity index (χ0) is 31.9. The smallest absolute Gasteiger partial charge is 0.152 e. The predicted octanol–water partition coefficient (Wildman–Crippen LogP) is 7.22. The molecule has 45 heavy (non-hydrogen) atoms. The van der Waals surface area contributed by atoms with E-state index < -0.39 is 15.4 Å². The largest absolute Gasteiger partial charge is 0.496 e. The molecule has 0 radical (unpaired) electrons. The normalized spacial score (nSPS) is 16.1. The van der Waals surface area contributed by atoms with Crippen molar-refractivity contribution in [1.82, 2.24) is 9.97 Å². The van der Waals surface area contributed by atoms with E-state index in [9.17, 15) is 12.8 Å². The topological polar surface area (TPSA) is 109 Å². The Balaban J connectivity index is 1.35. The zero-order valence-corrected chi connectivity index (χ0v) is 27.5. The van der Waals surface area contributed by atoms with Crippen molar-refractivity contribution >= 4 is 48.2 Å². The number of nitrogens with one attached hydrogen (secondary N) is 1. The maximum atomic E-state index is 13.5. The summed E-state index contributed by atoms with van der Waals surface area (Å²) in [5.41, 5.74) is 2.22. The van der Waals surface area contributed by atoms with Gasteiger partial charge in [-0.15, -0.1) is 0 Å². The fraction of sp³-hybridized carbons (Fsp3) is 0.333. The molecule has 1 aromatic heterocycles. The van der Waals surface area contributed by atoms with Gasteiger partial charge < -0.3 is 24.3 Å². The summed E-state index contributed by atoms with van der Waals surface area (Å²) >= 11 is 3.58. The highest BCUT2D eigenvalue weighted by Crippen LogP contribution is 2.44. The molecule has 0 saturated carbocycles. The van der Waals surface area contributed by atoms with Crippen LogP contribution in [0.25, 0.3) is 10.9 Å². The van der Waals surface area contributed by atoms with Crippen LogP contribution in [0, 0.1) is 5.82 Å². The second kappa shape index (κ2) is 14.6. The van der Waals surface area contributed by atoms with Gasteiger partial charge in [-0.2, -0.15) is 0 Å². The molecular weight excluding hydrogens is 665 g/mol. The Morgan fingerprint density at radius 3 is 2.67 bits per heavy atom. The van der Waals surface area contributed by atoms with E-state index >= 15 is 0 Å². The summed E-state index contributed by atoms with van der Waals surface area (Å²) in [6.07, 6.45) is 6.77. The first-order valence-electron chi connectivity index (χ1n) is 14.6. The van der Waals surface area contributed by atoms with Gasteiger partial charge in [-0.3, -0.25) is 0 Å². The van der Waals surface area contributed by atoms with Crippen LogP contribution < -0.4 is 14.8 Å². The molecular formula is C33H35BrFN3O6S. The third-order valence-corrected chi connectivity index (χ3v) is 9.91. The molecule has 0 amide bonds. The number of anilines is 2. The van der Waals surface area contributed by atoms with E-state index in [1.165, 1.54) is 18.5 Å². The fourth-order valence-electron chi connectivity index (χ4n) is 5.20. The summed E-state index contributed by atoms with van der Waals surface area (Å²) in [5, 5.41) is 4.14. The van der Waals surface area contributed by atoms with Gasteiger partial charge in [0.25, 0.3) is 0 Å². The van der Waals surface area contributed by atoms with E-state index in [0.717, 1.165) is 26.7 Å². The summed E-state index contributed by atoms with van der Waals surface area (Å²) in [6, 6.07) is 15.7. The molecule has 1 unspecified atom stereocenters. The third-order valence-electron chi connectivity index (χ3n) is 7.47. The van der Waals surface area contributed by atoms with Crippen LogP contribution in [0.4, 0.5) is 15.9 Å². The molecule has 1 N–H and O–H groups in total. The molecule has 0 spiro atoms. The molecule has 2 heterocycles. The van der Waals surface area contributed by atoms with Gasteiger partial charge in [-0.05, 0) is 70.4 Å².